The third-order valence-corrected chi connectivity index (χ3v) is 3.47. The van der Waals surface area contributed by atoms with E-state index < -0.39 is 5.97 Å². The fourth-order valence-electron chi connectivity index (χ4n) is 1.66. The topological polar surface area (TPSA) is 50.2 Å². The Labute approximate surface area is 104 Å². The summed E-state index contributed by atoms with van der Waals surface area (Å²) in [6.07, 6.45) is 0.694. The lowest BCUT2D eigenvalue weighted by Gasteiger charge is -2.05. The Kier molecular flexibility index (Phi) is 3.54. The average molecular weight is 247 g/mol. The number of carboxylic acids is 1. The van der Waals surface area contributed by atoms with Gasteiger partial charge in [-0.25, -0.2) is 0 Å². The number of aliphatic carboxylic acids is 1. The second kappa shape index (κ2) is 5.10. The molecule has 0 atom stereocenters. The predicted molar refractivity (Wildman–Crippen MR) is 68.2 cm³/mol. The molecule has 0 aliphatic carbocycles. The lowest BCUT2D eigenvalue weighted by atomic mass is 10.1. The number of thiophene rings is 1. The first kappa shape index (κ1) is 11.8. The van der Waals surface area contributed by atoms with Gasteiger partial charge in [-0.15, -0.1) is 11.3 Å². The Morgan fingerprint density at radius 3 is 2.82 bits per heavy atom. The van der Waals surface area contributed by atoms with Crippen LogP contribution in [-0.2, 0) is 11.2 Å². The molecule has 3 nitrogen and oxygen atoms in total. The Morgan fingerprint density at radius 2 is 2.24 bits per heavy atom. The summed E-state index contributed by atoms with van der Waals surface area (Å²) in [6.45, 7) is 1.92. The molecule has 0 aliphatic heterocycles. The number of aryl methyl sites for hydroxylation is 2. The third kappa shape index (κ3) is 2.91. The van der Waals surface area contributed by atoms with Crippen molar-refractivity contribution in [2.24, 2.45) is 0 Å². The maximum atomic E-state index is 10.5. The largest absolute Gasteiger partial charge is 0.481 e. The lowest BCUT2D eigenvalue weighted by Crippen LogP contribution is -2.00. The van der Waals surface area contributed by atoms with E-state index in [0.29, 0.717) is 6.42 Å². The number of rotatable bonds is 4. The third-order valence-electron chi connectivity index (χ3n) is 2.58. The van der Waals surface area contributed by atoms with E-state index in [0.717, 1.165) is 21.8 Å². The summed E-state index contributed by atoms with van der Waals surface area (Å²) in [7, 11) is 0. The minimum atomic E-state index is -0.772. The van der Waals surface area contributed by atoms with Crippen LogP contribution < -0.4 is 0 Å². The molecule has 0 saturated carbocycles. The highest BCUT2D eigenvalue weighted by molar-refractivity contribution is 7.13. The number of carbonyl (C=O) groups is 1. The molecule has 0 aromatic carbocycles. The molecule has 4 heteroatoms. The van der Waals surface area contributed by atoms with Crippen molar-refractivity contribution in [1.29, 1.82) is 0 Å². The van der Waals surface area contributed by atoms with E-state index >= 15 is 0 Å². The van der Waals surface area contributed by atoms with Gasteiger partial charge in [0, 0.05) is 12.1 Å². The number of hydrogen-bond acceptors (Lipinski definition) is 3. The molecule has 2 aromatic rings. The molecule has 0 unspecified atom stereocenters. The van der Waals surface area contributed by atoms with E-state index in [1.54, 1.807) is 11.3 Å². The van der Waals surface area contributed by atoms with Gasteiger partial charge in [-0.2, -0.15) is 0 Å². The molecule has 2 rings (SSSR count). The van der Waals surface area contributed by atoms with Crippen LogP contribution in [0.5, 0.6) is 0 Å². The second-order valence-corrected chi connectivity index (χ2v) is 4.76. The van der Waals surface area contributed by atoms with Gasteiger partial charge in [0.25, 0.3) is 0 Å². The Morgan fingerprint density at radius 1 is 1.41 bits per heavy atom. The van der Waals surface area contributed by atoms with Gasteiger partial charge < -0.3 is 5.11 Å². The molecule has 0 amide bonds. The first-order chi connectivity index (χ1) is 8.16. The predicted octanol–water partition coefficient (Wildman–Crippen LogP) is 3.14. The molecule has 0 saturated heterocycles. The van der Waals surface area contributed by atoms with E-state index in [1.165, 1.54) is 0 Å². The molecule has 0 radical (unpaired) electrons. The molecule has 88 valence electrons. The van der Waals surface area contributed by atoms with Crippen LogP contribution in [-0.4, -0.2) is 16.1 Å². The van der Waals surface area contributed by atoms with Gasteiger partial charge in [0.2, 0.25) is 0 Å². The maximum absolute atomic E-state index is 10.5. The van der Waals surface area contributed by atoms with E-state index in [2.05, 4.69) is 4.98 Å². The summed E-state index contributed by atoms with van der Waals surface area (Å²) in [5, 5.41) is 10.7. The molecular formula is C13H13NO2S. The van der Waals surface area contributed by atoms with Gasteiger partial charge >= 0.3 is 5.97 Å². The molecule has 0 bridgehead atoms. The van der Waals surface area contributed by atoms with Crippen LogP contribution in [0.1, 0.15) is 17.7 Å². The molecular weight excluding hydrogens is 234 g/mol. The Bertz CT molecular complexity index is 520. The van der Waals surface area contributed by atoms with Gasteiger partial charge in [-0.05, 0) is 36.4 Å². The summed E-state index contributed by atoms with van der Waals surface area (Å²) in [5.41, 5.74) is 2.88. The van der Waals surface area contributed by atoms with Crippen molar-refractivity contribution in [2.75, 3.05) is 0 Å². The first-order valence-corrected chi connectivity index (χ1v) is 6.27. The Balaban J connectivity index is 2.20. The van der Waals surface area contributed by atoms with Gasteiger partial charge in [-0.1, -0.05) is 12.1 Å². The van der Waals surface area contributed by atoms with Crippen LogP contribution in [0, 0.1) is 6.92 Å². The SMILES string of the molecule is Cc1nc(-c2cccs2)ccc1CCC(=O)O. The highest BCUT2D eigenvalue weighted by Crippen LogP contribution is 2.24. The van der Waals surface area contributed by atoms with Crippen molar-refractivity contribution in [2.45, 2.75) is 19.8 Å². The van der Waals surface area contributed by atoms with Crippen LogP contribution >= 0.6 is 11.3 Å². The maximum Gasteiger partial charge on any atom is 0.303 e. The monoisotopic (exact) mass is 247 g/mol. The average Bonchev–Trinajstić information content (AvgIpc) is 2.80. The summed E-state index contributed by atoms with van der Waals surface area (Å²) in [5.74, 6) is -0.772. The second-order valence-electron chi connectivity index (χ2n) is 3.81. The number of nitrogens with zero attached hydrogens (tertiary/aromatic N) is 1. The number of carboxylic acid groups (broad SMARTS) is 1. The molecule has 17 heavy (non-hydrogen) atoms. The van der Waals surface area contributed by atoms with Gasteiger partial charge in [0.05, 0.1) is 10.6 Å². The summed E-state index contributed by atoms with van der Waals surface area (Å²) >= 11 is 1.65. The van der Waals surface area contributed by atoms with E-state index in [9.17, 15) is 4.79 Å². The van der Waals surface area contributed by atoms with Crippen molar-refractivity contribution in [3.8, 4) is 10.6 Å². The minimum absolute atomic E-state index is 0.154. The van der Waals surface area contributed by atoms with E-state index in [1.807, 2.05) is 36.6 Å². The van der Waals surface area contributed by atoms with Crippen LogP contribution in [0.15, 0.2) is 29.6 Å². The highest BCUT2D eigenvalue weighted by Gasteiger charge is 2.06. The van der Waals surface area contributed by atoms with Gasteiger partial charge in [-0.3, -0.25) is 9.78 Å². The minimum Gasteiger partial charge on any atom is -0.481 e. The van der Waals surface area contributed by atoms with Crippen molar-refractivity contribution in [1.82, 2.24) is 4.98 Å². The zero-order valence-corrected chi connectivity index (χ0v) is 10.3. The molecule has 2 aromatic heterocycles. The van der Waals surface area contributed by atoms with Crippen molar-refractivity contribution in [3.63, 3.8) is 0 Å². The fraction of sp³-hybridized carbons (Fsp3) is 0.231. The quantitative estimate of drug-likeness (QED) is 0.903. The summed E-state index contributed by atoms with van der Waals surface area (Å²) < 4.78 is 0. The number of aromatic nitrogens is 1. The van der Waals surface area contributed by atoms with Crippen LogP contribution in [0.2, 0.25) is 0 Å². The number of pyridine rings is 1. The lowest BCUT2D eigenvalue weighted by molar-refractivity contribution is -0.136. The highest BCUT2D eigenvalue weighted by atomic mass is 32.1. The standard InChI is InChI=1S/C13H13NO2S/c1-9-10(5-7-13(15)16)4-6-11(14-9)12-3-2-8-17-12/h2-4,6,8H,5,7H2,1H3,(H,15,16). The van der Waals surface area contributed by atoms with Crippen LogP contribution in [0.3, 0.4) is 0 Å². The van der Waals surface area contributed by atoms with E-state index in [-0.39, 0.29) is 6.42 Å². The van der Waals surface area contributed by atoms with Crippen molar-refractivity contribution in [3.05, 3.63) is 40.9 Å². The van der Waals surface area contributed by atoms with E-state index in [4.69, 9.17) is 5.11 Å². The zero-order valence-electron chi connectivity index (χ0n) is 9.51. The fourth-order valence-corrected chi connectivity index (χ4v) is 2.35. The van der Waals surface area contributed by atoms with Crippen LogP contribution in [0.4, 0.5) is 0 Å². The Hall–Kier alpha value is -1.68. The molecule has 2 heterocycles. The molecule has 0 spiro atoms. The van der Waals surface area contributed by atoms with Gasteiger partial charge in [0.15, 0.2) is 0 Å². The summed E-state index contributed by atoms with van der Waals surface area (Å²) in [6, 6.07) is 7.95. The van der Waals surface area contributed by atoms with Crippen LogP contribution in [0.25, 0.3) is 10.6 Å². The normalized spacial score (nSPS) is 10.4. The molecule has 1 N–H and O–H groups in total. The van der Waals surface area contributed by atoms with Crippen molar-refractivity contribution < 1.29 is 9.90 Å². The summed E-state index contributed by atoms with van der Waals surface area (Å²) in [4.78, 5) is 16.2. The van der Waals surface area contributed by atoms with Gasteiger partial charge in [0.1, 0.15) is 0 Å². The number of hydrogen-bond donors (Lipinski definition) is 1. The molecule has 0 fully saturated rings. The first-order valence-electron chi connectivity index (χ1n) is 5.39. The zero-order chi connectivity index (χ0) is 12.3. The van der Waals surface area contributed by atoms with Crippen molar-refractivity contribution >= 4 is 17.3 Å². The molecule has 0 aliphatic rings. The smallest absolute Gasteiger partial charge is 0.303 e.